The normalized spacial score (nSPS) is 16.8. The van der Waals surface area contributed by atoms with E-state index < -0.39 is 0 Å². The number of hydrogen-bond donors (Lipinski definition) is 1. The van der Waals surface area contributed by atoms with E-state index in [4.69, 9.17) is 16.3 Å². The molecule has 1 fully saturated rings. The molecule has 1 heterocycles. The van der Waals surface area contributed by atoms with Crippen LogP contribution in [0.2, 0.25) is 0 Å². The molecule has 0 atom stereocenters. The Kier molecular flexibility index (Phi) is 4.05. The van der Waals surface area contributed by atoms with Gasteiger partial charge in [0.05, 0.1) is 19.8 Å². The molecule has 1 aliphatic rings. The van der Waals surface area contributed by atoms with Crippen molar-refractivity contribution in [2.24, 2.45) is 0 Å². The van der Waals surface area contributed by atoms with Gasteiger partial charge in [0.1, 0.15) is 0 Å². The Morgan fingerprint density at radius 3 is 2.69 bits per heavy atom. The molecule has 2 amide bonds. The highest BCUT2D eigenvalue weighted by Gasteiger charge is 2.15. The smallest absolute Gasteiger partial charge is 0.317 e. The Hall–Kier alpha value is -0.740. The van der Waals surface area contributed by atoms with Gasteiger partial charge < -0.3 is 15.0 Å². The molecule has 0 unspecified atom stereocenters. The second-order valence-corrected chi connectivity index (χ2v) is 3.31. The molecule has 1 rings (SSSR count). The topological polar surface area (TPSA) is 41.6 Å². The molecule has 0 aliphatic carbocycles. The fourth-order valence-electron chi connectivity index (χ4n) is 1.05. The minimum absolute atomic E-state index is 0.106. The Bertz CT molecular complexity index is 202. The van der Waals surface area contributed by atoms with E-state index in [0.29, 0.717) is 37.9 Å². The molecule has 4 nitrogen and oxygen atoms in total. The number of ether oxygens (including phenoxy) is 1. The summed E-state index contributed by atoms with van der Waals surface area (Å²) in [6.07, 6.45) is 0. The van der Waals surface area contributed by atoms with E-state index in [0.717, 1.165) is 0 Å². The van der Waals surface area contributed by atoms with Gasteiger partial charge in [0.2, 0.25) is 0 Å². The second-order valence-electron chi connectivity index (χ2n) is 2.78. The highest BCUT2D eigenvalue weighted by atomic mass is 35.5. The van der Waals surface area contributed by atoms with Crippen molar-refractivity contribution in [3.8, 4) is 0 Å². The second kappa shape index (κ2) is 5.09. The minimum atomic E-state index is -0.106. The number of urea groups is 1. The lowest BCUT2D eigenvalue weighted by atomic mass is 10.4. The van der Waals surface area contributed by atoms with E-state index in [1.807, 2.05) is 0 Å². The van der Waals surface area contributed by atoms with Crippen LogP contribution in [0.25, 0.3) is 0 Å². The lowest BCUT2D eigenvalue weighted by Gasteiger charge is -2.26. The van der Waals surface area contributed by atoms with Crippen molar-refractivity contribution < 1.29 is 9.53 Å². The van der Waals surface area contributed by atoms with Gasteiger partial charge in [-0.3, -0.25) is 0 Å². The summed E-state index contributed by atoms with van der Waals surface area (Å²) in [6, 6.07) is -0.106. The summed E-state index contributed by atoms with van der Waals surface area (Å²) in [7, 11) is 0. The summed E-state index contributed by atoms with van der Waals surface area (Å²) in [5.74, 6) is 0. The Morgan fingerprint density at radius 1 is 1.54 bits per heavy atom. The number of amides is 2. The molecule has 0 saturated carbocycles. The molecule has 0 aromatic carbocycles. The van der Waals surface area contributed by atoms with Crippen LogP contribution in [0.1, 0.15) is 0 Å². The van der Waals surface area contributed by atoms with Gasteiger partial charge in [-0.1, -0.05) is 18.2 Å². The Morgan fingerprint density at radius 2 is 2.15 bits per heavy atom. The molecule has 0 aromatic heterocycles. The van der Waals surface area contributed by atoms with Gasteiger partial charge in [-0.2, -0.15) is 0 Å². The third kappa shape index (κ3) is 3.65. The van der Waals surface area contributed by atoms with Crippen molar-refractivity contribution in [2.75, 3.05) is 32.8 Å². The zero-order valence-corrected chi connectivity index (χ0v) is 8.14. The first-order valence-corrected chi connectivity index (χ1v) is 4.52. The summed E-state index contributed by atoms with van der Waals surface area (Å²) >= 11 is 5.51. The number of carbonyl (C=O) groups excluding carboxylic acids is 1. The molecular formula is C8H13ClN2O2. The van der Waals surface area contributed by atoms with Crippen LogP contribution in [-0.2, 0) is 4.74 Å². The van der Waals surface area contributed by atoms with Crippen LogP contribution >= 0.6 is 11.6 Å². The first-order chi connectivity index (χ1) is 6.20. The number of nitrogens with zero attached hydrogens (tertiary/aromatic N) is 1. The van der Waals surface area contributed by atoms with Gasteiger partial charge in [0.15, 0.2) is 0 Å². The molecule has 1 N–H and O–H groups in total. The summed E-state index contributed by atoms with van der Waals surface area (Å²) < 4.78 is 5.11. The zero-order chi connectivity index (χ0) is 9.68. The first kappa shape index (κ1) is 10.3. The van der Waals surface area contributed by atoms with Gasteiger partial charge in [0, 0.05) is 18.1 Å². The molecule has 1 aliphatic heterocycles. The number of morpholine rings is 1. The van der Waals surface area contributed by atoms with Crippen LogP contribution in [0.4, 0.5) is 4.79 Å². The summed E-state index contributed by atoms with van der Waals surface area (Å²) in [4.78, 5) is 13.1. The molecule has 0 spiro atoms. The van der Waals surface area contributed by atoms with E-state index in [2.05, 4.69) is 11.9 Å². The summed E-state index contributed by atoms with van der Waals surface area (Å²) in [5, 5.41) is 3.08. The third-order valence-corrected chi connectivity index (χ3v) is 1.86. The van der Waals surface area contributed by atoms with E-state index in [9.17, 15) is 4.79 Å². The minimum Gasteiger partial charge on any atom is -0.378 e. The van der Waals surface area contributed by atoms with Gasteiger partial charge in [-0.15, -0.1) is 0 Å². The van der Waals surface area contributed by atoms with E-state index >= 15 is 0 Å². The largest absolute Gasteiger partial charge is 0.378 e. The molecule has 0 bridgehead atoms. The average molecular weight is 205 g/mol. The number of hydrogen-bond acceptors (Lipinski definition) is 2. The summed E-state index contributed by atoms with van der Waals surface area (Å²) in [5.41, 5.74) is 0. The monoisotopic (exact) mass is 204 g/mol. The average Bonchev–Trinajstić information content (AvgIpc) is 2.15. The van der Waals surface area contributed by atoms with Crippen LogP contribution in [0.3, 0.4) is 0 Å². The molecular weight excluding hydrogens is 192 g/mol. The SMILES string of the molecule is C=C(Cl)CNC(=O)N1CCOCC1. The molecule has 0 radical (unpaired) electrons. The lowest BCUT2D eigenvalue weighted by molar-refractivity contribution is 0.0534. The maximum atomic E-state index is 11.4. The van der Waals surface area contributed by atoms with Gasteiger partial charge in [-0.05, 0) is 0 Å². The van der Waals surface area contributed by atoms with Crippen molar-refractivity contribution >= 4 is 17.6 Å². The van der Waals surface area contributed by atoms with Crippen LogP contribution in [0.15, 0.2) is 11.6 Å². The van der Waals surface area contributed by atoms with Gasteiger partial charge in [0.25, 0.3) is 0 Å². The lowest BCUT2D eigenvalue weighted by Crippen LogP contribution is -2.46. The summed E-state index contributed by atoms with van der Waals surface area (Å²) in [6.45, 7) is 6.29. The molecule has 1 saturated heterocycles. The number of nitrogens with one attached hydrogen (secondary N) is 1. The van der Waals surface area contributed by atoms with Crippen molar-refractivity contribution in [3.63, 3.8) is 0 Å². The fourth-order valence-corrected chi connectivity index (χ4v) is 1.12. The van der Waals surface area contributed by atoms with Crippen molar-refractivity contribution in [1.82, 2.24) is 10.2 Å². The van der Waals surface area contributed by atoms with Crippen LogP contribution in [-0.4, -0.2) is 43.8 Å². The first-order valence-electron chi connectivity index (χ1n) is 4.14. The number of carbonyl (C=O) groups is 1. The van der Waals surface area contributed by atoms with E-state index in [-0.39, 0.29) is 6.03 Å². The molecule has 74 valence electrons. The van der Waals surface area contributed by atoms with Crippen molar-refractivity contribution in [1.29, 1.82) is 0 Å². The highest BCUT2D eigenvalue weighted by Crippen LogP contribution is 1.98. The zero-order valence-electron chi connectivity index (χ0n) is 7.38. The Balaban J connectivity index is 2.25. The maximum absolute atomic E-state index is 11.4. The standard InChI is InChI=1S/C8H13ClN2O2/c1-7(9)6-10-8(12)11-2-4-13-5-3-11/h1-6H2,(H,10,12). The maximum Gasteiger partial charge on any atom is 0.317 e. The van der Waals surface area contributed by atoms with E-state index in [1.165, 1.54) is 0 Å². The fraction of sp³-hybridized carbons (Fsp3) is 0.625. The van der Waals surface area contributed by atoms with Gasteiger partial charge >= 0.3 is 6.03 Å². The predicted octanol–water partition coefficient (Wildman–Crippen LogP) is 0.781. The molecule has 5 heteroatoms. The molecule has 0 aromatic rings. The van der Waals surface area contributed by atoms with Gasteiger partial charge in [-0.25, -0.2) is 4.79 Å². The van der Waals surface area contributed by atoms with Crippen molar-refractivity contribution in [3.05, 3.63) is 11.6 Å². The quantitative estimate of drug-likeness (QED) is 0.723. The van der Waals surface area contributed by atoms with Crippen molar-refractivity contribution in [2.45, 2.75) is 0 Å². The van der Waals surface area contributed by atoms with E-state index in [1.54, 1.807) is 4.90 Å². The number of rotatable bonds is 2. The molecule has 13 heavy (non-hydrogen) atoms. The third-order valence-electron chi connectivity index (χ3n) is 1.73. The predicted molar refractivity (Wildman–Crippen MR) is 50.8 cm³/mol. The Labute approximate surface area is 82.5 Å². The van der Waals surface area contributed by atoms with Crippen LogP contribution < -0.4 is 5.32 Å². The highest BCUT2D eigenvalue weighted by molar-refractivity contribution is 6.29. The van der Waals surface area contributed by atoms with Crippen LogP contribution in [0.5, 0.6) is 0 Å². The van der Waals surface area contributed by atoms with Crippen LogP contribution in [0, 0.1) is 0 Å². The number of halogens is 1.